The third-order valence-electron chi connectivity index (χ3n) is 4.99. The van der Waals surface area contributed by atoms with Gasteiger partial charge in [-0.3, -0.25) is 9.78 Å². The number of morpholine rings is 1. The second-order valence-corrected chi connectivity index (χ2v) is 6.68. The van der Waals surface area contributed by atoms with Crippen molar-refractivity contribution in [1.82, 2.24) is 15.2 Å². The number of rotatable bonds is 2. The van der Waals surface area contributed by atoms with Gasteiger partial charge in [-0.1, -0.05) is 0 Å². The van der Waals surface area contributed by atoms with Crippen LogP contribution in [0.5, 0.6) is 0 Å². The Morgan fingerprint density at radius 2 is 2.00 bits per heavy atom. The van der Waals surface area contributed by atoms with E-state index in [-0.39, 0.29) is 18.1 Å². The maximum Gasteiger partial charge on any atom is 0.253 e. The van der Waals surface area contributed by atoms with E-state index in [4.69, 9.17) is 4.74 Å². The lowest BCUT2D eigenvalue weighted by molar-refractivity contribution is -0.141. The number of aromatic nitrogens is 3. The predicted molar refractivity (Wildman–Crippen MR) is 93.5 cm³/mol. The summed E-state index contributed by atoms with van der Waals surface area (Å²) in [6.07, 6.45) is 5.15. The molecule has 130 valence electrons. The summed E-state index contributed by atoms with van der Waals surface area (Å²) in [5.74, 6) is 0.891. The number of piperidine rings is 1. The first kappa shape index (κ1) is 16.0. The number of ether oxygens (including phenoxy) is 1. The number of amides is 1. The Morgan fingerprint density at radius 1 is 1.16 bits per heavy atom. The summed E-state index contributed by atoms with van der Waals surface area (Å²) in [6.45, 7) is 4.31. The molecule has 2 fully saturated rings. The lowest BCUT2D eigenvalue weighted by atomic mass is 9.89. The van der Waals surface area contributed by atoms with Crippen LogP contribution >= 0.6 is 0 Å². The molecular weight excluding hydrogens is 318 g/mol. The van der Waals surface area contributed by atoms with Gasteiger partial charge in [0.1, 0.15) is 6.61 Å². The van der Waals surface area contributed by atoms with Crippen molar-refractivity contribution in [3.05, 3.63) is 42.4 Å². The summed E-state index contributed by atoms with van der Waals surface area (Å²) < 4.78 is 6.00. The fourth-order valence-corrected chi connectivity index (χ4v) is 3.47. The highest BCUT2D eigenvalue weighted by molar-refractivity contribution is 5.95. The van der Waals surface area contributed by atoms with Crippen LogP contribution in [0, 0.1) is 6.92 Å². The van der Waals surface area contributed by atoms with Crippen LogP contribution in [0.4, 0.5) is 11.5 Å². The van der Waals surface area contributed by atoms with Crippen LogP contribution in [0.2, 0.25) is 0 Å². The third kappa shape index (κ3) is 3.19. The molecule has 0 unspecified atom stereocenters. The molecule has 1 spiro atoms. The molecule has 0 atom stereocenters. The fourth-order valence-electron chi connectivity index (χ4n) is 3.47. The van der Waals surface area contributed by atoms with Gasteiger partial charge in [-0.05, 0) is 44.0 Å². The molecule has 0 aromatic carbocycles. The van der Waals surface area contributed by atoms with Gasteiger partial charge in [0.25, 0.3) is 5.91 Å². The molecule has 1 amide bonds. The maximum absolute atomic E-state index is 12.3. The van der Waals surface area contributed by atoms with Gasteiger partial charge >= 0.3 is 0 Å². The summed E-state index contributed by atoms with van der Waals surface area (Å²) in [5, 5.41) is 8.41. The van der Waals surface area contributed by atoms with Gasteiger partial charge in [-0.25, -0.2) is 0 Å². The van der Waals surface area contributed by atoms with Gasteiger partial charge in [-0.2, -0.15) is 5.10 Å². The van der Waals surface area contributed by atoms with E-state index in [2.05, 4.69) is 20.1 Å². The highest BCUT2D eigenvalue weighted by Crippen LogP contribution is 2.33. The highest BCUT2D eigenvalue weighted by Gasteiger charge is 2.43. The summed E-state index contributed by atoms with van der Waals surface area (Å²) in [4.78, 5) is 20.4. The molecule has 4 heterocycles. The van der Waals surface area contributed by atoms with Gasteiger partial charge in [0.05, 0.1) is 29.7 Å². The molecule has 0 radical (unpaired) electrons. The van der Waals surface area contributed by atoms with Crippen LogP contribution in [-0.2, 0) is 9.53 Å². The quantitative estimate of drug-likeness (QED) is 0.827. The second kappa shape index (κ2) is 6.40. The first-order valence-corrected chi connectivity index (χ1v) is 8.55. The lowest BCUT2D eigenvalue weighted by Gasteiger charge is -2.47. The van der Waals surface area contributed by atoms with Crippen molar-refractivity contribution < 1.29 is 9.53 Å². The summed E-state index contributed by atoms with van der Waals surface area (Å²) in [5.41, 5.74) is 1.46. The second-order valence-electron chi connectivity index (χ2n) is 6.68. The largest absolute Gasteiger partial charge is 0.363 e. The van der Waals surface area contributed by atoms with Crippen molar-refractivity contribution in [2.75, 3.05) is 36.0 Å². The highest BCUT2D eigenvalue weighted by atomic mass is 16.5. The zero-order chi connectivity index (χ0) is 17.3. The molecule has 0 N–H and O–H groups in total. The van der Waals surface area contributed by atoms with Crippen LogP contribution in [0.1, 0.15) is 18.5 Å². The average molecular weight is 339 g/mol. The van der Waals surface area contributed by atoms with Crippen molar-refractivity contribution in [3.8, 4) is 0 Å². The van der Waals surface area contributed by atoms with E-state index in [0.717, 1.165) is 43.1 Å². The molecular formula is C18H21N5O2. The van der Waals surface area contributed by atoms with E-state index in [0.29, 0.717) is 6.54 Å². The standard InChI is InChI=1S/C18H21N5O2/c1-14-4-5-16(21-20-14)22-9-6-18(7-10-22)13-23(17(24)12-25-18)15-3-2-8-19-11-15/h2-5,8,11H,6-7,9-10,12-13H2,1H3. The molecule has 7 heteroatoms. The molecule has 2 aromatic heterocycles. The van der Waals surface area contributed by atoms with E-state index >= 15 is 0 Å². The molecule has 0 aliphatic carbocycles. The van der Waals surface area contributed by atoms with E-state index < -0.39 is 0 Å². The molecule has 2 aliphatic heterocycles. The topological polar surface area (TPSA) is 71.5 Å². The summed E-state index contributed by atoms with van der Waals surface area (Å²) >= 11 is 0. The molecule has 0 saturated carbocycles. The molecule has 0 bridgehead atoms. The normalized spacial score (nSPS) is 20.1. The zero-order valence-electron chi connectivity index (χ0n) is 14.3. The minimum atomic E-state index is -0.293. The number of pyridine rings is 1. The number of hydrogen-bond donors (Lipinski definition) is 0. The van der Waals surface area contributed by atoms with Crippen LogP contribution in [0.15, 0.2) is 36.7 Å². The Labute approximate surface area is 146 Å². The van der Waals surface area contributed by atoms with E-state index in [1.165, 1.54) is 0 Å². The van der Waals surface area contributed by atoms with Crippen molar-refractivity contribution in [2.45, 2.75) is 25.4 Å². The van der Waals surface area contributed by atoms with Crippen LogP contribution in [0.3, 0.4) is 0 Å². The summed E-state index contributed by atoms with van der Waals surface area (Å²) in [7, 11) is 0. The fraction of sp³-hybridized carbons (Fsp3) is 0.444. The minimum absolute atomic E-state index is 0.00884. The van der Waals surface area contributed by atoms with Crippen molar-refractivity contribution in [1.29, 1.82) is 0 Å². The Bertz CT molecular complexity index is 742. The van der Waals surface area contributed by atoms with E-state index in [1.807, 2.05) is 31.2 Å². The smallest absolute Gasteiger partial charge is 0.253 e. The SMILES string of the molecule is Cc1ccc(N2CCC3(CC2)CN(c2cccnc2)C(=O)CO3)nn1. The average Bonchev–Trinajstić information content (AvgIpc) is 2.66. The first-order chi connectivity index (χ1) is 12.2. The van der Waals surface area contributed by atoms with Crippen LogP contribution < -0.4 is 9.80 Å². The van der Waals surface area contributed by atoms with E-state index in [9.17, 15) is 4.79 Å². The first-order valence-electron chi connectivity index (χ1n) is 8.55. The van der Waals surface area contributed by atoms with Crippen LogP contribution in [-0.4, -0.2) is 52.9 Å². The minimum Gasteiger partial charge on any atom is -0.363 e. The zero-order valence-corrected chi connectivity index (χ0v) is 14.3. The molecule has 2 saturated heterocycles. The number of aryl methyl sites for hydroxylation is 1. The van der Waals surface area contributed by atoms with Gasteiger partial charge in [0.15, 0.2) is 5.82 Å². The number of nitrogens with zero attached hydrogens (tertiary/aromatic N) is 5. The number of carbonyl (C=O) groups is 1. The van der Waals surface area contributed by atoms with Gasteiger partial charge < -0.3 is 14.5 Å². The Kier molecular flexibility index (Phi) is 4.09. The lowest BCUT2D eigenvalue weighted by Crippen LogP contribution is -2.59. The van der Waals surface area contributed by atoms with Gasteiger partial charge in [0, 0.05) is 19.3 Å². The maximum atomic E-state index is 12.3. The Hall–Kier alpha value is -2.54. The molecule has 4 rings (SSSR count). The number of hydrogen-bond acceptors (Lipinski definition) is 6. The van der Waals surface area contributed by atoms with E-state index in [1.54, 1.807) is 17.3 Å². The van der Waals surface area contributed by atoms with Crippen LogP contribution in [0.25, 0.3) is 0 Å². The number of anilines is 2. The number of carbonyl (C=O) groups excluding carboxylic acids is 1. The summed E-state index contributed by atoms with van der Waals surface area (Å²) in [6, 6.07) is 7.75. The van der Waals surface area contributed by atoms with Gasteiger partial charge in [0.2, 0.25) is 0 Å². The molecule has 2 aliphatic rings. The monoisotopic (exact) mass is 339 g/mol. The molecule has 25 heavy (non-hydrogen) atoms. The van der Waals surface area contributed by atoms with Crippen molar-refractivity contribution in [2.24, 2.45) is 0 Å². The Balaban J connectivity index is 1.46. The Morgan fingerprint density at radius 3 is 2.68 bits per heavy atom. The molecule has 2 aromatic rings. The van der Waals surface area contributed by atoms with Crippen molar-refractivity contribution in [3.63, 3.8) is 0 Å². The van der Waals surface area contributed by atoms with Crippen molar-refractivity contribution >= 4 is 17.4 Å². The third-order valence-corrected chi connectivity index (χ3v) is 4.99. The van der Waals surface area contributed by atoms with Gasteiger partial charge in [-0.15, -0.1) is 5.10 Å². The predicted octanol–water partition coefficient (Wildman–Crippen LogP) is 1.58. The molecule has 7 nitrogen and oxygen atoms in total.